The van der Waals surface area contributed by atoms with Crippen LogP contribution in [0.15, 0.2) is 30.3 Å². The molecule has 1 atom stereocenters. The van der Waals surface area contributed by atoms with Gasteiger partial charge < -0.3 is 4.74 Å². The first-order valence-electron chi connectivity index (χ1n) is 5.27. The number of ether oxygens (including phenoxy) is 1. The number of rotatable bonds is 6. The maximum Gasteiger partial charge on any atom is 0.323 e. The van der Waals surface area contributed by atoms with Crippen LogP contribution in [-0.4, -0.2) is 24.1 Å². The van der Waals surface area contributed by atoms with Crippen LogP contribution in [0.3, 0.4) is 0 Å². The molecule has 1 aromatic carbocycles. The first kappa shape index (κ1) is 13.2. The van der Waals surface area contributed by atoms with Crippen molar-refractivity contribution in [2.24, 2.45) is 0 Å². The molecule has 4 heteroatoms. The van der Waals surface area contributed by atoms with Crippen molar-refractivity contribution in [1.82, 2.24) is 5.32 Å². The summed E-state index contributed by atoms with van der Waals surface area (Å²) in [6.07, 6.45) is 0.644. The lowest BCUT2D eigenvalue weighted by molar-refractivity contribution is -0.145. The van der Waals surface area contributed by atoms with Crippen LogP contribution in [0.4, 0.5) is 0 Å². The van der Waals surface area contributed by atoms with Crippen molar-refractivity contribution in [2.45, 2.75) is 19.4 Å². The number of carbonyl (C=O) groups excluding carboxylic acids is 1. The van der Waals surface area contributed by atoms with E-state index >= 15 is 0 Å². The smallest absolute Gasteiger partial charge is 0.323 e. The number of benzene rings is 1. The Morgan fingerprint density at radius 2 is 2.12 bits per heavy atom. The van der Waals surface area contributed by atoms with Crippen LogP contribution in [-0.2, 0) is 16.0 Å². The van der Waals surface area contributed by atoms with Gasteiger partial charge in [-0.1, -0.05) is 46.3 Å². The highest BCUT2D eigenvalue weighted by Crippen LogP contribution is 2.05. The summed E-state index contributed by atoms with van der Waals surface area (Å²) in [5.41, 5.74) is 1.69. The van der Waals surface area contributed by atoms with Gasteiger partial charge in [0.25, 0.3) is 0 Å². The van der Waals surface area contributed by atoms with Crippen molar-refractivity contribution >= 4 is 21.9 Å². The number of hydrogen-bond acceptors (Lipinski definition) is 3. The summed E-state index contributed by atoms with van der Waals surface area (Å²) >= 11 is 3.26. The summed E-state index contributed by atoms with van der Waals surface area (Å²) in [6.45, 7) is 2.22. The van der Waals surface area contributed by atoms with Crippen LogP contribution in [0.5, 0.6) is 0 Å². The van der Waals surface area contributed by atoms with E-state index in [9.17, 15) is 4.79 Å². The zero-order valence-corrected chi connectivity index (χ0v) is 10.9. The van der Waals surface area contributed by atoms with Gasteiger partial charge in [-0.2, -0.15) is 0 Å². The molecule has 0 saturated heterocycles. The van der Waals surface area contributed by atoms with E-state index in [-0.39, 0.29) is 12.0 Å². The second kappa shape index (κ2) is 7.41. The molecule has 0 radical (unpaired) electrons. The van der Waals surface area contributed by atoms with Gasteiger partial charge in [-0.15, -0.1) is 0 Å². The first-order chi connectivity index (χ1) is 7.77. The molecule has 1 N–H and O–H groups in total. The van der Waals surface area contributed by atoms with Crippen molar-refractivity contribution in [3.63, 3.8) is 0 Å². The minimum atomic E-state index is -0.290. The summed E-state index contributed by atoms with van der Waals surface area (Å²) in [7, 11) is 0. The van der Waals surface area contributed by atoms with Crippen molar-refractivity contribution in [3.05, 3.63) is 35.9 Å². The average Bonchev–Trinajstić information content (AvgIpc) is 2.30. The maximum absolute atomic E-state index is 11.6. The van der Waals surface area contributed by atoms with E-state index in [1.807, 2.05) is 37.3 Å². The number of hydrogen-bond donors (Lipinski definition) is 1. The molecular weight excluding hydrogens is 270 g/mol. The third kappa shape index (κ3) is 4.33. The summed E-state index contributed by atoms with van der Waals surface area (Å²) < 4.78 is 5.01. The molecule has 1 rings (SSSR count). The average molecular weight is 286 g/mol. The second-order valence-corrected chi connectivity index (χ2v) is 3.89. The Balaban J connectivity index is 2.60. The van der Waals surface area contributed by atoms with Crippen LogP contribution in [0.2, 0.25) is 0 Å². The van der Waals surface area contributed by atoms with Gasteiger partial charge in [0, 0.05) is 0 Å². The summed E-state index contributed by atoms with van der Waals surface area (Å²) in [5.74, 6) is -0.203. The van der Waals surface area contributed by atoms with Crippen LogP contribution in [0.25, 0.3) is 0 Å². The molecule has 0 aliphatic rings. The quantitative estimate of drug-likeness (QED) is 0.494. The Morgan fingerprint density at radius 3 is 2.69 bits per heavy atom. The third-order valence-corrected chi connectivity index (χ3v) is 2.50. The molecule has 0 spiro atoms. The Kier molecular flexibility index (Phi) is 6.11. The largest absolute Gasteiger partial charge is 0.465 e. The Bertz CT molecular complexity index is 316. The SMILES string of the molecule is CCOC(=O)C(Cc1ccccc1)NCBr. The van der Waals surface area contributed by atoms with Gasteiger partial charge in [0.05, 0.1) is 12.1 Å². The zero-order valence-electron chi connectivity index (χ0n) is 9.28. The molecule has 0 aliphatic carbocycles. The number of carbonyl (C=O) groups is 1. The molecule has 0 aromatic heterocycles. The molecule has 3 nitrogen and oxygen atoms in total. The maximum atomic E-state index is 11.6. The molecule has 0 amide bonds. The topological polar surface area (TPSA) is 38.3 Å². The number of alkyl halides is 1. The van der Waals surface area contributed by atoms with Gasteiger partial charge in [-0.05, 0) is 18.9 Å². The van der Waals surface area contributed by atoms with Crippen molar-refractivity contribution in [2.75, 3.05) is 12.1 Å². The highest BCUT2D eigenvalue weighted by molar-refractivity contribution is 9.09. The fraction of sp³-hybridized carbons (Fsp3) is 0.417. The van der Waals surface area contributed by atoms with E-state index in [4.69, 9.17) is 4.74 Å². The van der Waals surface area contributed by atoms with Crippen molar-refractivity contribution in [3.8, 4) is 0 Å². The van der Waals surface area contributed by atoms with Gasteiger partial charge in [0.15, 0.2) is 0 Å². The van der Waals surface area contributed by atoms with E-state index < -0.39 is 0 Å². The lowest BCUT2D eigenvalue weighted by Crippen LogP contribution is -2.39. The minimum absolute atomic E-state index is 0.203. The molecule has 16 heavy (non-hydrogen) atoms. The minimum Gasteiger partial charge on any atom is -0.465 e. The molecule has 1 unspecified atom stereocenters. The standard InChI is InChI=1S/C12H16BrNO2/c1-2-16-12(15)11(14-9-13)8-10-6-4-3-5-7-10/h3-7,11,14H,2,8-9H2,1H3. The third-order valence-electron chi connectivity index (χ3n) is 2.18. The van der Waals surface area contributed by atoms with Crippen LogP contribution < -0.4 is 5.32 Å². The number of esters is 1. The van der Waals surface area contributed by atoms with E-state index in [1.165, 1.54) is 0 Å². The molecule has 0 bridgehead atoms. The second-order valence-electron chi connectivity index (χ2n) is 3.33. The summed E-state index contributed by atoms with van der Waals surface area (Å²) in [4.78, 5) is 11.6. The summed E-state index contributed by atoms with van der Waals surface area (Å²) in [6, 6.07) is 9.60. The van der Waals surface area contributed by atoms with Crippen LogP contribution >= 0.6 is 15.9 Å². The first-order valence-corrected chi connectivity index (χ1v) is 6.40. The molecule has 1 aromatic rings. The fourth-order valence-electron chi connectivity index (χ4n) is 1.42. The highest BCUT2D eigenvalue weighted by atomic mass is 79.9. The lowest BCUT2D eigenvalue weighted by atomic mass is 10.1. The van der Waals surface area contributed by atoms with E-state index in [0.717, 1.165) is 5.56 Å². The zero-order chi connectivity index (χ0) is 11.8. The van der Waals surface area contributed by atoms with Crippen LogP contribution in [0.1, 0.15) is 12.5 Å². The summed E-state index contributed by atoms with van der Waals surface area (Å²) in [5, 5.41) is 3.06. The molecule has 88 valence electrons. The Hall–Kier alpha value is -0.870. The lowest BCUT2D eigenvalue weighted by Gasteiger charge is -2.15. The van der Waals surface area contributed by atoms with Gasteiger partial charge in [0.1, 0.15) is 6.04 Å². The molecule has 0 saturated carbocycles. The van der Waals surface area contributed by atoms with Gasteiger partial charge >= 0.3 is 5.97 Å². The van der Waals surface area contributed by atoms with Gasteiger partial charge in [-0.3, -0.25) is 10.1 Å². The predicted molar refractivity (Wildman–Crippen MR) is 67.5 cm³/mol. The monoisotopic (exact) mass is 285 g/mol. The normalized spacial score (nSPS) is 12.1. The van der Waals surface area contributed by atoms with E-state index in [2.05, 4.69) is 21.2 Å². The molecule has 0 aliphatic heterocycles. The van der Waals surface area contributed by atoms with Crippen LogP contribution in [0, 0.1) is 0 Å². The molecule has 0 heterocycles. The van der Waals surface area contributed by atoms with Crippen molar-refractivity contribution < 1.29 is 9.53 Å². The van der Waals surface area contributed by atoms with E-state index in [1.54, 1.807) is 0 Å². The predicted octanol–water partition coefficient (Wildman–Crippen LogP) is 2.10. The van der Waals surface area contributed by atoms with Crippen molar-refractivity contribution in [1.29, 1.82) is 0 Å². The van der Waals surface area contributed by atoms with Gasteiger partial charge in [-0.25, -0.2) is 0 Å². The fourth-order valence-corrected chi connectivity index (χ4v) is 1.82. The Labute approximate surface area is 104 Å². The molecule has 0 fully saturated rings. The molecular formula is C12H16BrNO2. The van der Waals surface area contributed by atoms with E-state index in [0.29, 0.717) is 18.5 Å². The number of halogens is 1. The Morgan fingerprint density at radius 1 is 1.44 bits per heavy atom. The number of nitrogens with one attached hydrogen (secondary N) is 1. The highest BCUT2D eigenvalue weighted by Gasteiger charge is 2.18. The van der Waals surface area contributed by atoms with Gasteiger partial charge in [0.2, 0.25) is 0 Å².